The van der Waals surface area contributed by atoms with E-state index in [9.17, 15) is 4.79 Å². The molecule has 0 bridgehead atoms. The summed E-state index contributed by atoms with van der Waals surface area (Å²) in [6.07, 6.45) is 10.0. The molecular formula is C18H28N2O. The Labute approximate surface area is 128 Å². The lowest BCUT2D eigenvalue weighted by Gasteiger charge is -2.08. The van der Waals surface area contributed by atoms with Gasteiger partial charge in [-0.05, 0) is 43.5 Å². The van der Waals surface area contributed by atoms with Gasteiger partial charge in [0.2, 0.25) is 5.91 Å². The van der Waals surface area contributed by atoms with E-state index in [4.69, 9.17) is 0 Å². The van der Waals surface area contributed by atoms with Gasteiger partial charge in [-0.15, -0.1) is 0 Å². The second-order valence-electron chi connectivity index (χ2n) is 6.04. The van der Waals surface area contributed by atoms with Crippen molar-refractivity contribution in [1.82, 2.24) is 0 Å². The number of hydrogen-bond donors (Lipinski definition) is 2. The Morgan fingerprint density at radius 2 is 1.62 bits per heavy atom. The van der Waals surface area contributed by atoms with Crippen LogP contribution in [0.2, 0.25) is 0 Å². The maximum absolute atomic E-state index is 11.7. The van der Waals surface area contributed by atoms with Gasteiger partial charge in [-0.2, -0.15) is 0 Å². The molecule has 0 saturated heterocycles. The number of carbonyl (C=O) groups is 1. The van der Waals surface area contributed by atoms with Gasteiger partial charge in [0.1, 0.15) is 0 Å². The van der Waals surface area contributed by atoms with Gasteiger partial charge in [0.15, 0.2) is 0 Å². The Morgan fingerprint density at radius 3 is 2.29 bits per heavy atom. The van der Waals surface area contributed by atoms with Crippen LogP contribution in [0.15, 0.2) is 24.3 Å². The van der Waals surface area contributed by atoms with Crippen molar-refractivity contribution in [2.45, 2.75) is 58.3 Å². The molecule has 1 aromatic carbocycles. The van der Waals surface area contributed by atoms with E-state index in [1.807, 2.05) is 24.3 Å². The predicted octanol–water partition coefficient (Wildman–Crippen LogP) is 4.81. The molecule has 0 radical (unpaired) electrons. The number of carbonyl (C=O) groups excluding carboxylic acids is 1. The van der Waals surface area contributed by atoms with Crippen molar-refractivity contribution in [3.63, 3.8) is 0 Å². The van der Waals surface area contributed by atoms with E-state index in [1.54, 1.807) is 0 Å². The summed E-state index contributed by atoms with van der Waals surface area (Å²) in [5.74, 6) is 0.429. The Balaban J connectivity index is 1.59. The van der Waals surface area contributed by atoms with E-state index in [0.717, 1.165) is 30.8 Å². The highest BCUT2D eigenvalue weighted by Gasteiger charge is 2.29. The highest BCUT2D eigenvalue weighted by molar-refractivity contribution is 5.94. The largest absolute Gasteiger partial charge is 0.385 e. The molecule has 0 atom stereocenters. The van der Waals surface area contributed by atoms with Crippen LogP contribution in [-0.4, -0.2) is 12.5 Å². The van der Waals surface area contributed by atoms with Crippen molar-refractivity contribution in [2.24, 2.45) is 5.92 Å². The molecule has 0 heterocycles. The summed E-state index contributed by atoms with van der Waals surface area (Å²) in [4.78, 5) is 11.7. The quantitative estimate of drug-likeness (QED) is 0.607. The lowest BCUT2D eigenvalue weighted by atomic mass is 10.1. The van der Waals surface area contributed by atoms with Crippen LogP contribution in [0, 0.1) is 5.92 Å². The predicted molar refractivity (Wildman–Crippen MR) is 89.7 cm³/mol. The van der Waals surface area contributed by atoms with Crippen molar-refractivity contribution in [3.05, 3.63) is 24.3 Å². The minimum absolute atomic E-state index is 0.169. The molecule has 0 spiro atoms. The van der Waals surface area contributed by atoms with Gasteiger partial charge in [0, 0.05) is 23.8 Å². The molecule has 116 valence electrons. The fourth-order valence-electron chi connectivity index (χ4n) is 2.40. The molecule has 0 unspecified atom stereocenters. The Kier molecular flexibility index (Phi) is 6.58. The molecule has 0 aromatic heterocycles. The summed E-state index contributed by atoms with van der Waals surface area (Å²) in [6.45, 7) is 3.28. The van der Waals surface area contributed by atoms with Gasteiger partial charge < -0.3 is 10.6 Å². The summed E-state index contributed by atoms with van der Waals surface area (Å²) in [7, 11) is 0. The molecule has 0 aliphatic heterocycles. The second kappa shape index (κ2) is 8.71. The second-order valence-corrected chi connectivity index (χ2v) is 6.04. The van der Waals surface area contributed by atoms with Crippen molar-refractivity contribution in [1.29, 1.82) is 0 Å². The van der Waals surface area contributed by atoms with Crippen LogP contribution in [0.1, 0.15) is 58.3 Å². The monoisotopic (exact) mass is 288 g/mol. The molecule has 21 heavy (non-hydrogen) atoms. The SMILES string of the molecule is CCCCCCCCNc1ccc(NC(=O)C2CC2)cc1. The summed E-state index contributed by atoms with van der Waals surface area (Å²) in [6, 6.07) is 8.03. The maximum atomic E-state index is 11.7. The zero-order valence-electron chi connectivity index (χ0n) is 13.2. The van der Waals surface area contributed by atoms with Gasteiger partial charge in [-0.25, -0.2) is 0 Å². The van der Waals surface area contributed by atoms with E-state index >= 15 is 0 Å². The van der Waals surface area contributed by atoms with Crippen LogP contribution in [0.4, 0.5) is 11.4 Å². The number of unbranched alkanes of at least 4 members (excludes halogenated alkanes) is 5. The van der Waals surface area contributed by atoms with Crippen LogP contribution in [-0.2, 0) is 4.79 Å². The zero-order chi connectivity index (χ0) is 14.9. The summed E-state index contributed by atoms with van der Waals surface area (Å²) >= 11 is 0. The number of rotatable bonds is 10. The fraction of sp³-hybridized carbons (Fsp3) is 0.611. The van der Waals surface area contributed by atoms with Gasteiger partial charge in [-0.1, -0.05) is 39.0 Å². The van der Waals surface area contributed by atoms with Crippen molar-refractivity contribution >= 4 is 17.3 Å². The van der Waals surface area contributed by atoms with Gasteiger partial charge >= 0.3 is 0 Å². The Hall–Kier alpha value is -1.51. The molecule has 2 N–H and O–H groups in total. The molecular weight excluding hydrogens is 260 g/mol. The standard InChI is InChI=1S/C18H28N2O/c1-2-3-4-5-6-7-14-19-16-10-12-17(13-11-16)20-18(21)15-8-9-15/h10-13,15,19H,2-9,14H2,1H3,(H,20,21). The van der Waals surface area contributed by atoms with Crippen molar-refractivity contribution in [2.75, 3.05) is 17.2 Å². The van der Waals surface area contributed by atoms with E-state index < -0.39 is 0 Å². The van der Waals surface area contributed by atoms with Crippen molar-refractivity contribution in [3.8, 4) is 0 Å². The topological polar surface area (TPSA) is 41.1 Å². The number of benzene rings is 1. The number of amides is 1. The van der Waals surface area contributed by atoms with Gasteiger partial charge in [0.05, 0.1) is 0 Å². The lowest BCUT2D eigenvalue weighted by molar-refractivity contribution is -0.117. The van der Waals surface area contributed by atoms with E-state index in [0.29, 0.717) is 0 Å². The smallest absolute Gasteiger partial charge is 0.227 e. The van der Waals surface area contributed by atoms with Crippen LogP contribution in [0.3, 0.4) is 0 Å². The van der Waals surface area contributed by atoms with E-state index in [-0.39, 0.29) is 11.8 Å². The first kappa shape index (κ1) is 15.9. The Bertz CT molecular complexity index is 423. The fourth-order valence-corrected chi connectivity index (χ4v) is 2.40. The molecule has 2 rings (SSSR count). The third kappa shape index (κ3) is 6.19. The average Bonchev–Trinajstić information content (AvgIpc) is 3.33. The first-order valence-electron chi connectivity index (χ1n) is 8.44. The lowest BCUT2D eigenvalue weighted by Crippen LogP contribution is -2.13. The van der Waals surface area contributed by atoms with Gasteiger partial charge in [0.25, 0.3) is 0 Å². The molecule has 1 aliphatic rings. The molecule has 1 aromatic rings. The van der Waals surface area contributed by atoms with Crippen LogP contribution in [0.5, 0.6) is 0 Å². The van der Waals surface area contributed by atoms with E-state index in [2.05, 4.69) is 17.6 Å². The van der Waals surface area contributed by atoms with Crippen LogP contribution < -0.4 is 10.6 Å². The molecule has 1 saturated carbocycles. The molecule has 1 fully saturated rings. The first-order chi connectivity index (χ1) is 10.3. The molecule has 3 heteroatoms. The summed E-state index contributed by atoms with van der Waals surface area (Å²) in [5, 5.41) is 6.40. The third-order valence-corrected chi connectivity index (χ3v) is 3.96. The average molecular weight is 288 g/mol. The van der Waals surface area contributed by atoms with Gasteiger partial charge in [-0.3, -0.25) is 4.79 Å². The zero-order valence-corrected chi connectivity index (χ0v) is 13.2. The molecule has 1 aliphatic carbocycles. The summed E-state index contributed by atoms with van der Waals surface area (Å²) < 4.78 is 0. The normalized spacial score (nSPS) is 14.0. The Morgan fingerprint density at radius 1 is 1.00 bits per heavy atom. The summed E-state index contributed by atoms with van der Waals surface area (Å²) in [5.41, 5.74) is 2.03. The highest BCUT2D eigenvalue weighted by Crippen LogP contribution is 2.30. The number of anilines is 2. The third-order valence-electron chi connectivity index (χ3n) is 3.96. The van der Waals surface area contributed by atoms with E-state index in [1.165, 1.54) is 38.5 Å². The minimum atomic E-state index is 0.169. The number of hydrogen-bond acceptors (Lipinski definition) is 2. The first-order valence-corrected chi connectivity index (χ1v) is 8.44. The minimum Gasteiger partial charge on any atom is -0.385 e. The molecule has 3 nitrogen and oxygen atoms in total. The van der Waals surface area contributed by atoms with Crippen LogP contribution in [0.25, 0.3) is 0 Å². The molecule has 1 amide bonds. The highest BCUT2D eigenvalue weighted by atomic mass is 16.2. The number of nitrogens with one attached hydrogen (secondary N) is 2. The maximum Gasteiger partial charge on any atom is 0.227 e. The van der Waals surface area contributed by atoms with Crippen LogP contribution >= 0.6 is 0 Å². The van der Waals surface area contributed by atoms with Crippen molar-refractivity contribution < 1.29 is 4.79 Å².